The Bertz CT molecular complexity index is 421. The van der Waals surface area contributed by atoms with Crippen molar-refractivity contribution in [2.75, 3.05) is 17.2 Å². The van der Waals surface area contributed by atoms with Crippen LogP contribution in [0, 0.1) is 0 Å². The third-order valence-electron chi connectivity index (χ3n) is 2.06. The fraction of sp³-hybridized carbons (Fsp3) is 0.364. The molecule has 3 N–H and O–H groups in total. The largest absolute Gasteiger partial charge is 0.416 e. The summed E-state index contributed by atoms with van der Waals surface area (Å²) >= 11 is 0. The predicted molar refractivity (Wildman–Crippen MR) is 61.3 cm³/mol. The number of aliphatic hydroxyl groups is 1. The molecule has 1 aromatic carbocycles. The van der Waals surface area contributed by atoms with E-state index in [2.05, 4.69) is 10.6 Å². The molecule has 4 nitrogen and oxygen atoms in total. The number of anilines is 2. The molecule has 0 saturated heterocycles. The molecule has 1 unspecified atom stereocenters. The Hall–Kier alpha value is -1.76. The third kappa shape index (κ3) is 4.62. The average Bonchev–Trinajstić information content (AvgIpc) is 2.24. The second-order valence-electron chi connectivity index (χ2n) is 3.70. The van der Waals surface area contributed by atoms with Gasteiger partial charge in [0.15, 0.2) is 6.10 Å². The number of carbonyl (C=O) groups is 1. The number of aliphatic hydroxyl groups excluding tert-OH is 1. The van der Waals surface area contributed by atoms with Crippen LogP contribution in [-0.2, 0) is 4.79 Å². The van der Waals surface area contributed by atoms with Gasteiger partial charge in [-0.1, -0.05) is 6.07 Å². The van der Waals surface area contributed by atoms with Gasteiger partial charge in [-0.2, -0.15) is 13.2 Å². The maximum absolute atomic E-state index is 12.1. The topological polar surface area (TPSA) is 61.4 Å². The Kier molecular flexibility index (Phi) is 4.55. The van der Waals surface area contributed by atoms with E-state index in [-0.39, 0.29) is 5.91 Å². The lowest BCUT2D eigenvalue weighted by Crippen LogP contribution is -2.34. The number of hydrogen-bond donors (Lipinski definition) is 3. The van der Waals surface area contributed by atoms with Crippen molar-refractivity contribution in [3.8, 4) is 0 Å². The van der Waals surface area contributed by atoms with Crippen LogP contribution in [0.2, 0.25) is 0 Å². The zero-order valence-corrected chi connectivity index (χ0v) is 9.58. The number of amides is 1. The summed E-state index contributed by atoms with van der Waals surface area (Å²) in [6.07, 6.45) is -7.08. The zero-order valence-electron chi connectivity index (χ0n) is 9.58. The molecule has 1 rings (SSSR count). The first-order valence-corrected chi connectivity index (χ1v) is 5.15. The van der Waals surface area contributed by atoms with Crippen molar-refractivity contribution >= 4 is 17.3 Å². The van der Waals surface area contributed by atoms with Gasteiger partial charge in [-0.3, -0.25) is 4.79 Å². The summed E-state index contributed by atoms with van der Waals surface area (Å²) in [5.74, 6) is -0.275. The maximum atomic E-state index is 12.1. The molecule has 0 aliphatic rings. The van der Waals surface area contributed by atoms with Crippen LogP contribution in [-0.4, -0.2) is 29.8 Å². The van der Waals surface area contributed by atoms with Gasteiger partial charge >= 0.3 is 6.18 Å². The summed E-state index contributed by atoms with van der Waals surface area (Å²) in [5.41, 5.74) is 0.846. The predicted octanol–water partition coefficient (Wildman–Crippen LogP) is 1.98. The van der Waals surface area contributed by atoms with E-state index < -0.39 is 18.8 Å². The van der Waals surface area contributed by atoms with Crippen molar-refractivity contribution in [3.05, 3.63) is 24.3 Å². The number of benzene rings is 1. The highest BCUT2D eigenvalue weighted by atomic mass is 19.4. The zero-order chi connectivity index (χ0) is 13.8. The smallest absolute Gasteiger partial charge is 0.382 e. The average molecular weight is 262 g/mol. The number of rotatable bonds is 4. The molecule has 18 heavy (non-hydrogen) atoms. The first-order chi connectivity index (χ1) is 8.29. The van der Waals surface area contributed by atoms with Crippen molar-refractivity contribution < 1.29 is 23.1 Å². The molecule has 0 radical (unpaired) electrons. The monoisotopic (exact) mass is 262 g/mol. The minimum Gasteiger partial charge on any atom is -0.382 e. The Balaban J connectivity index is 2.60. The van der Waals surface area contributed by atoms with E-state index in [0.717, 1.165) is 0 Å². The van der Waals surface area contributed by atoms with Crippen LogP contribution < -0.4 is 10.6 Å². The molecule has 1 amide bonds. The minimum atomic E-state index is -4.65. The Morgan fingerprint density at radius 3 is 2.56 bits per heavy atom. The molecule has 0 saturated carbocycles. The Morgan fingerprint density at radius 2 is 2.00 bits per heavy atom. The molecule has 0 spiro atoms. The second-order valence-corrected chi connectivity index (χ2v) is 3.70. The molecule has 0 aromatic heterocycles. The van der Waals surface area contributed by atoms with Crippen LogP contribution in [0.15, 0.2) is 24.3 Å². The summed E-state index contributed by atoms with van der Waals surface area (Å²) in [5, 5.41) is 13.7. The van der Waals surface area contributed by atoms with Crippen molar-refractivity contribution in [3.63, 3.8) is 0 Å². The lowest BCUT2D eigenvalue weighted by molar-refractivity contribution is -0.198. The van der Waals surface area contributed by atoms with Crippen molar-refractivity contribution in [2.45, 2.75) is 19.2 Å². The van der Waals surface area contributed by atoms with Gasteiger partial charge in [-0.05, 0) is 18.2 Å². The van der Waals surface area contributed by atoms with Gasteiger partial charge in [0.1, 0.15) is 0 Å². The molecule has 1 atom stereocenters. The first kappa shape index (κ1) is 14.3. The van der Waals surface area contributed by atoms with Crippen molar-refractivity contribution in [1.82, 2.24) is 0 Å². The summed E-state index contributed by atoms with van der Waals surface area (Å²) in [4.78, 5) is 10.8. The van der Waals surface area contributed by atoms with E-state index in [1.807, 2.05) is 0 Å². The Morgan fingerprint density at radius 1 is 1.39 bits per heavy atom. The van der Waals surface area contributed by atoms with E-state index in [4.69, 9.17) is 5.11 Å². The molecular formula is C11H13F3N2O2. The SMILES string of the molecule is CC(=O)Nc1cccc(NCC(O)C(F)(F)F)c1. The second kappa shape index (κ2) is 5.72. The van der Waals surface area contributed by atoms with Gasteiger partial charge in [0.2, 0.25) is 5.91 Å². The quantitative estimate of drug-likeness (QED) is 0.777. The highest BCUT2D eigenvalue weighted by Gasteiger charge is 2.37. The van der Waals surface area contributed by atoms with E-state index in [9.17, 15) is 18.0 Å². The number of halogens is 3. The number of nitrogens with one attached hydrogen (secondary N) is 2. The molecule has 0 bridgehead atoms. The van der Waals surface area contributed by atoms with Gasteiger partial charge < -0.3 is 15.7 Å². The van der Waals surface area contributed by atoms with E-state index >= 15 is 0 Å². The fourth-order valence-electron chi connectivity index (χ4n) is 1.24. The number of carbonyl (C=O) groups excluding carboxylic acids is 1. The molecule has 0 fully saturated rings. The van der Waals surface area contributed by atoms with Crippen molar-refractivity contribution in [1.29, 1.82) is 0 Å². The summed E-state index contributed by atoms with van der Waals surface area (Å²) in [6.45, 7) is 0.681. The molecule has 7 heteroatoms. The van der Waals surface area contributed by atoms with Crippen molar-refractivity contribution in [2.24, 2.45) is 0 Å². The molecular weight excluding hydrogens is 249 g/mol. The van der Waals surface area contributed by atoms with Gasteiger partial charge in [-0.25, -0.2) is 0 Å². The van der Waals surface area contributed by atoms with E-state index in [1.165, 1.54) is 19.1 Å². The van der Waals surface area contributed by atoms with Crippen LogP contribution in [0.3, 0.4) is 0 Å². The van der Waals surface area contributed by atoms with E-state index in [0.29, 0.717) is 11.4 Å². The third-order valence-corrected chi connectivity index (χ3v) is 2.06. The highest BCUT2D eigenvalue weighted by Crippen LogP contribution is 2.21. The molecule has 0 aliphatic heterocycles. The molecule has 0 aliphatic carbocycles. The van der Waals surface area contributed by atoms with Gasteiger partial charge in [-0.15, -0.1) is 0 Å². The standard InChI is InChI=1S/C11H13F3N2O2/c1-7(17)16-9-4-2-3-8(5-9)15-6-10(18)11(12,13)14/h2-5,10,15,18H,6H2,1H3,(H,16,17). The first-order valence-electron chi connectivity index (χ1n) is 5.15. The highest BCUT2D eigenvalue weighted by molar-refractivity contribution is 5.89. The molecule has 100 valence electrons. The van der Waals surface area contributed by atoms with Crippen LogP contribution >= 0.6 is 0 Å². The van der Waals surface area contributed by atoms with E-state index in [1.54, 1.807) is 12.1 Å². The molecule has 1 aromatic rings. The lowest BCUT2D eigenvalue weighted by Gasteiger charge is -2.16. The summed E-state index contributed by atoms with van der Waals surface area (Å²) in [6, 6.07) is 6.19. The maximum Gasteiger partial charge on any atom is 0.416 e. The number of hydrogen-bond acceptors (Lipinski definition) is 3. The van der Waals surface area contributed by atoms with Gasteiger partial charge in [0.25, 0.3) is 0 Å². The normalized spacial score (nSPS) is 12.9. The summed E-state index contributed by atoms with van der Waals surface area (Å²) in [7, 11) is 0. The fourth-order valence-corrected chi connectivity index (χ4v) is 1.24. The van der Waals surface area contributed by atoms with Gasteiger partial charge in [0.05, 0.1) is 0 Å². The van der Waals surface area contributed by atoms with Gasteiger partial charge in [0, 0.05) is 24.8 Å². The van der Waals surface area contributed by atoms with Crippen LogP contribution in [0.5, 0.6) is 0 Å². The van der Waals surface area contributed by atoms with Crippen LogP contribution in [0.4, 0.5) is 24.5 Å². The lowest BCUT2D eigenvalue weighted by atomic mass is 10.2. The van der Waals surface area contributed by atoms with Crippen LogP contribution in [0.25, 0.3) is 0 Å². The molecule has 0 heterocycles. The summed E-state index contributed by atoms with van der Waals surface area (Å²) < 4.78 is 36.2. The number of alkyl halides is 3. The van der Waals surface area contributed by atoms with Crippen LogP contribution in [0.1, 0.15) is 6.92 Å². The Labute approximate surface area is 102 Å². The minimum absolute atomic E-state index is 0.275.